The third-order valence-corrected chi connectivity index (χ3v) is 4.21. The quantitative estimate of drug-likeness (QED) is 0.684. The van der Waals surface area contributed by atoms with Crippen LogP contribution in [0, 0.1) is 5.92 Å². The van der Waals surface area contributed by atoms with Crippen molar-refractivity contribution in [3.05, 3.63) is 35.4 Å². The first-order valence-electron chi connectivity index (χ1n) is 7.45. The summed E-state index contributed by atoms with van der Waals surface area (Å²) >= 11 is 0. The Balaban J connectivity index is 2.04. The van der Waals surface area contributed by atoms with E-state index in [0.29, 0.717) is 17.0 Å². The molecule has 1 saturated heterocycles. The molecule has 4 nitrogen and oxygen atoms in total. The molecule has 0 saturated carbocycles. The lowest BCUT2D eigenvalue weighted by Gasteiger charge is -2.36. The molecule has 1 aromatic rings. The lowest BCUT2D eigenvalue weighted by Crippen LogP contribution is -2.42. The van der Waals surface area contributed by atoms with Crippen molar-refractivity contribution in [3.63, 3.8) is 0 Å². The zero-order valence-corrected chi connectivity index (χ0v) is 12.9. The second kappa shape index (κ2) is 6.39. The van der Waals surface area contributed by atoms with E-state index in [2.05, 4.69) is 5.32 Å². The smallest absolute Gasteiger partial charge is 0.338 e. The van der Waals surface area contributed by atoms with Gasteiger partial charge in [0.25, 0.3) is 0 Å². The Morgan fingerprint density at radius 2 is 1.62 bits per heavy atom. The molecule has 0 aliphatic carbocycles. The minimum absolute atomic E-state index is 0.00930. The number of Topliss-reactive ketones (excluding diaryl/α,β-unsaturated/α-hetero) is 1. The third-order valence-electron chi connectivity index (χ3n) is 4.21. The van der Waals surface area contributed by atoms with E-state index in [0.717, 1.165) is 25.9 Å². The van der Waals surface area contributed by atoms with Crippen LogP contribution in [0.3, 0.4) is 0 Å². The molecule has 1 fully saturated rings. The molecule has 1 aliphatic heterocycles. The second-order valence-electron chi connectivity index (χ2n) is 6.15. The van der Waals surface area contributed by atoms with Crippen molar-refractivity contribution in [2.24, 2.45) is 5.92 Å². The van der Waals surface area contributed by atoms with E-state index in [1.165, 1.54) is 6.92 Å². The monoisotopic (exact) mass is 289 g/mol. The van der Waals surface area contributed by atoms with Crippen molar-refractivity contribution in [3.8, 4) is 0 Å². The summed E-state index contributed by atoms with van der Waals surface area (Å²) in [5.41, 5.74) is 0.615. The predicted molar refractivity (Wildman–Crippen MR) is 81.5 cm³/mol. The Kier molecular flexibility index (Phi) is 4.78. The first-order valence-corrected chi connectivity index (χ1v) is 7.45. The Morgan fingerprint density at radius 3 is 2.14 bits per heavy atom. The largest absolute Gasteiger partial charge is 0.456 e. The molecule has 21 heavy (non-hydrogen) atoms. The molecule has 114 valence electrons. The van der Waals surface area contributed by atoms with E-state index in [4.69, 9.17) is 4.74 Å². The highest BCUT2D eigenvalue weighted by atomic mass is 16.6. The molecule has 4 heteroatoms. The van der Waals surface area contributed by atoms with Crippen LogP contribution < -0.4 is 5.32 Å². The maximum absolute atomic E-state index is 12.3. The molecule has 1 aliphatic rings. The number of benzene rings is 1. The van der Waals surface area contributed by atoms with Gasteiger partial charge in [-0.25, -0.2) is 4.79 Å². The van der Waals surface area contributed by atoms with Crippen molar-refractivity contribution in [1.82, 2.24) is 5.32 Å². The van der Waals surface area contributed by atoms with Gasteiger partial charge in [-0.1, -0.05) is 12.1 Å². The number of ether oxygens (including phenoxy) is 1. The van der Waals surface area contributed by atoms with Gasteiger partial charge in [-0.2, -0.15) is 0 Å². The zero-order chi connectivity index (χ0) is 15.5. The summed E-state index contributed by atoms with van der Waals surface area (Å²) in [4.78, 5) is 23.5. The minimum Gasteiger partial charge on any atom is -0.456 e. The van der Waals surface area contributed by atoms with Crippen LogP contribution in [0.15, 0.2) is 24.3 Å². The molecule has 0 radical (unpaired) electrons. The normalized spacial score (nSPS) is 16.5. The van der Waals surface area contributed by atoms with Gasteiger partial charge in [0.1, 0.15) is 5.60 Å². The lowest BCUT2D eigenvalue weighted by molar-refractivity contribution is -0.0368. The molecule has 0 atom stereocenters. The first-order chi connectivity index (χ1) is 9.90. The van der Waals surface area contributed by atoms with Crippen LogP contribution in [0.1, 0.15) is 54.3 Å². The van der Waals surface area contributed by atoms with Crippen molar-refractivity contribution < 1.29 is 14.3 Å². The fourth-order valence-corrected chi connectivity index (χ4v) is 2.74. The molecule has 2 rings (SSSR count). The Morgan fingerprint density at radius 1 is 1.10 bits per heavy atom. The van der Waals surface area contributed by atoms with E-state index in [-0.39, 0.29) is 11.8 Å². The standard InChI is InChI=1S/C17H23NO3/c1-12(19)13-4-6-14(7-5-13)16(20)21-17(2,3)15-8-10-18-11-9-15/h4-7,15,18H,8-11H2,1-3H3. The van der Waals surface area contributed by atoms with Crippen molar-refractivity contribution in [2.75, 3.05) is 13.1 Å². The van der Waals surface area contributed by atoms with Gasteiger partial charge in [0.15, 0.2) is 5.78 Å². The average Bonchev–Trinajstić information content (AvgIpc) is 2.48. The van der Waals surface area contributed by atoms with Crippen LogP contribution in [0.25, 0.3) is 0 Å². The molecular weight excluding hydrogens is 266 g/mol. The molecule has 1 N–H and O–H groups in total. The highest BCUT2D eigenvalue weighted by Gasteiger charge is 2.34. The first kappa shape index (κ1) is 15.7. The van der Waals surface area contributed by atoms with Gasteiger partial charge >= 0.3 is 5.97 Å². The van der Waals surface area contributed by atoms with Crippen LogP contribution in [0.5, 0.6) is 0 Å². The number of nitrogens with one attached hydrogen (secondary N) is 1. The molecule has 1 heterocycles. The molecule has 0 bridgehead atoms. The topological polar surface area (TPSA) is 55.4 Å². The van der Waals surface area contributed by atoms with Crippen LogP contribution in [-0.4, -0.2) is 30.4 Å². The van der Waals surface area contributed by atoms with Crippen LogP contribution >= 0.6 is 0 Å². The van der Waals surface area contributed by atoms with E-state index >= 15 is 0 Å². The van der Waals surface area contributed by atoms with Gasteiger partial charge in [-0.3, -0.25) is 4.79 Å². The van der Waals surface area contributed by atoms with Crippen molar-refractivity contribution in [2.45, 2.75) is 39.2 Å². The molecule has 1 aromatic carbocycles. The van der Waals surface area contributed by atoms with Gasteiger partial charge in [0, 0.05) is 11.5 Å². The number of piperidine rings is 1. The summed E-state index contributed by atoms with van der Waals surface area (Å²) in [6.07, 6.45) is 2.03. The van der Waals surface area contributed by atoms with E-state index in [1.807, 2.05) is 13.8 Å². The van der Waals surface area contributed by atoms with Crippen molar-refractivity contribution in [1.29, 1.82) is 0 Å². The number of esters is 1. The predicted octanol–water partition coefficient (Wildman–Crippen LogP) is 2.82. The fraction of sp³-hybridized carbons (Fsp3) is 0.529. The highest BCUT2D eigenvalue weighted by molar-refractivity contribution is 5.96. The average molecular weight is 289 g/mol. The highest BCUT2D eigenvalue weighted by Crippen LogP contribution is 2.29. The van der Waals surface area contributed by atoms with Crippen LogP contribution in [-0.2, 0) is 4.74 Å². The number of rotatable bonds is 4. The van der Waals surface area contributed by atoms with E-state index in [9.17, 15) is 9.59 Å². The summed E-state index contributed by atoms with van der Waals surface area (Å²) in [7, 11) is 0. The zero-order valence-electron chi connectivity index (χ0n) is 12.9. The SMILES string of the molecule is CC(=O)c1ccc(C(=O)OC(C)(C)C2CCNCC2)cc1. The summed E-state index contributed by atoms with van der Waals surface area (Å²) in [5, 5.41) is 3.32. The van der Waals surface area contributed by atoms with Gasteiger partial charge in [-0.05, 0) is 58.8 Å². The molecule has 0 spiro atoms. The van der Waals surface area contributed by atoms with Gasteiger partial charge in [-0.15, -0.1) is 0 Å². The maximum atomic E-state index is 12.3. The van der Waals surface area contributed by atoms with Gasteiger partial charge in [0.05, 0.1) is 5.56 Å². The molecular formula is C17H23NO3. The number of ketones is 1. The summed E-state index contributed by atoms with van der Waals surface area (Å²) in [6.45, 7) is 7.40. The van der Waals surface area contributed by atoms with Crippen molar-refractivity contribution >= 4 is 11.8 Å². The molecule has 0 amide bonds. The number of hydrogen-bond acceptors (Lipinski definition) is 4. The Labute approximate surface area is 125 Å². The summed E-state index contributed by atoms with van der Waals surface area (Å²) < 4.78 is 5.71. The van der Waals surface area contributed by atoms with Gasteiger partial charge < -0.3 is 10.1 Å². The number of carbonyl (C=O) groups excluding carboxylic acids is 2. The minimum atomic E-state index is -0.474. The molecule has 0 unspecified atom stereocenters. The second-order valence-corrected chi connectivity index (χ2v) is 6.15. The van der Waals surface area contributed by atoms with Crippen LogP contribution in [0.2, 0.25) is 0 Å². The third kappa shape index (κ3) is 3.91. The van der Waals surface area contributed by atoms with Gasteiger partial charge in [0.2, 0.25) is 0 Å². The number of carbonyl (C=O) groups is 2. The van der Waals surface area contributed by atoms with E-state index in [1.54, 1.807) is 24.3 Å². The number of hydrogen-bond donors (Lipinski definition) is 1. The van der Waals surface area contributed by atoms with E-state index < -0.39 is 5.60 Å². The fourth-order valence-electron chi connectivity index (χ4n) is 2.74. The van der Waals surface area contributed by atoms with Crippen LogP contribution in [0.4, 0.5) is 0 Å². The maximum Gasteiger partial charge on any atom is 0.338 e. The lowest BCUT2D eigenvalue weighted by atomic mass is 9.83. The Bertz CT molecular complexity index is 513. The summed E-state index contributed by atoms with van der Waals surface area (Å²) in [6, 6.07) is 6.63. The Hall–Kier alpha value is -1.68. The molecule has 0 aromatic heterocycles. The summed E-state index contributed by atoms with van der Waals surface area (Å²) in [5.74, 6) is 0.0396.